The molecule has 1 aromatic rings. The van der Waals surface area contributed by atoms with Crippen molar-refractivity contribution in [2.45, 2.75) is 32.5 Å². The lowest BCUT2D eigenvalue weighted by Gasteiger charge is -2.18. The zero-order chi connectivity index (χ0) is 13.8. The Morgan fingerprint density at radius 2 is 1.61 bits per heavy atom. The lowest BCUT2D eigenvalue weighted by atomic mass is 9.87. The lowest BCUT2D eigenvalue weighted by Crippen LogP contribution is -2.10. The molecule has 0 aliphatic heterocycles. The van der Waals surface area contributed by atoms with Crippen LogP contribution in [0.4, 0.5) is 13.2 Å². The third-order valence-corrected chi connectivity index (χ3v) is 2.58. The van der Waals surface area contributed by atoms with Gasteiger partial charge >= 0.3 is 6.36 Å². The quantitative estimate of drug-likeness (QED) is 0.551. The van der Waals surface area contributed by atoms with Gasteiger partial charge in [0.2, 0.25) is 0 Å². The molecule has 18 heavy (non-hydrogen) atoms. The number of benzene rings is 1. The highest BCUT2D eigenvalue weighted by Crippen LogP contribution is 2.23. The highest BCUT2D eigenvalue weighted by atomic mass is 32.2. The van der Waals surface area contributed by atoms with Crippen LogP contribution in [0.25, 0.3) is 0 Å². The van der Waals surface area contributed by atoms with E-state index in [9.17, 15) is 13.2 Å². The van der Waals surface area contributed by atoms with Crippen molar-refractivity contribution in [1.29, 1.82) is 0 Å². The Morgan fingerprint density at radius 1 is 1.06 bits per heavy atom. The summed E-state index contributed by atoms with van der Waals surface area (Å²) in [6.07, 6.45) is -4.66. The van der Waals surface area contributed by atoms with E-state index in [-0.39, 0.29) is 17.5 Å². The van der Waals surface area contributed by atoms with Gasteiger partial charge in [-0.25, -0.2) is 4.18 Å². The number of halogens is 3. The molecular weight excluding hydrogens is 261 g/mol. The summed E-state index contributed by atoms with van der Waals surface area (Å²) in [7, 11) is 0. The molecule has 0 aliphatic carbocycles. The Hall–Kier alpha value is -1.12. The summed E-state index contributed by atoms with van der Waals surface area (Å²) in [5.74, 6) is 2.58. The van der Waals surface area contributed by atoms with Crippen molar-refractivity contribution >= 4 is 12.0 Å². The molecular formula is C13H13F3OS. The molecule has 0 aromatic heterocycles. The Balaban J connectivity index is 2.62. The number of hydrogen-bond donors (Lipinski definition) is 0. The van der Waals surface area contributed by atoms with Gasteiger partial charge in [0.1, 0.15) is 0 Å². The molecule has 0 fully saturated rings. The molecule has 5 heteroatoms. The molecule has 1 nitrogen and oxygen atoms in total. The van der Waals surface area contributed by atoms with Crippen LogP contribution in [0.5, 0.6) is 0 Å². The van der Waals surface area contributed by atoms with Crippen LogP contribution in [0.2, 0.25) is 0 Å². The zero-order valence-corrected chi connectivity index (χ0v) is 11.1. The predicted molar refractivity (Wildman–Crippen MR) is 66.8 cm³/mol. The minimum absolute atomic E-state index is 0.0418. The Labute approximate surface area is 109 Å². The van der Waals surface area contributed by atoms with Gasteiger partial charge in [0.15, 0.2) is 0 Å². The second-order valence-corrected chi connectivity index (χ2v) is 5.20. The largest absolute Gasteiger partial charge is 0.534 e. The van der Waals surface area contributed by atoms with Crippen LogP contribution in [0, 0.1) is 11.2 Å². The molecule has 0 heterocycles. The van der Waals surface area contributed by atoms with Crippen LogP contribution in [-0.4, -0.2) is 6.36 Å². The summed E-state index contributed by atoms with van der Waals surface area (Å²) < 4.78 is 38.4. The molecule has 0 aliphatic rings. The first kappa shape index (κ1) is 14.9. The van der Waals surface area contributed by atoms with Crippen molar-refractivity contribution in [2.75, 3.05) is 0 Å². The van der Waals surface area contributed by atoms with E-state index in [0.29, 0.717) is 5.56 Å². The lowest BCUT2D eigenvalue weighted by molar-refractivity contribution is -0.266. The molecule has 98 valence electrons. The topological polar surface area (TPSA) is 9.23 Å². The SMILES string of the molecule is CC(C)(C)c1ccc(C#CSOC(F)(F)F)cc1. The maximum absolute atomic E-state index is 11.7. The van der Waals surface area contributed by atoms with Crippen LogP contribution < -0.4 is 0 Å². The fraction of sp³-hybridized carbons (Fsp3) is 0.385. The van der Waals surface area contributed by atoms with Crippen molar-refractivity contribution in [2.24, 2.45) is 0 Å². The standard InChI is InChI=1S/C13H13F3OS/c1-12(2,3)11-6-4-10(5-7-11)8-9-18-17-13(14,15)16/h4-7H,1-3H3. The zero-order valence-electron chi connectivity index (χ0n) is 10.3. The first-order valence-corrected chi connectivity index (χ1v) is 5.95. The van der Waals surface area contributed by atoms with Crippen molar-refractivity contribution in [1.82, 2.24) is 0 Å². The summed E-state index contributed by atoms with van der Waals surface area (Å²) in [6.45, 7) is 6.25. The van der Waals surface area contributed by atoms with Gasteiger partial charge in [-0.15, -0.1) is 13.2 Å². The van der Waals surface area contributed by atoms with Crippen molar-refractivity contribution in [3.8, 4) is 11.2 Å². The highest BCUT2D eigenvalue weighted by Gasteiger charge is 2.29. The summed E-state index contributed by atoms with van der Waals surface area (Å²) in [5.41, 5.74) is 1.84. The number of alkyl halides is 3. The summed E-state index contributed by atoms with van der Waals surface area (Å²) in [4.78, 5) is 0. The first-order valence-electron chi connectivity index (χ1n) is 5.21. The maximum atomic E-state index is 11.7. The van der Waals surface area contributed by atoms with Gasteiger partial charge in [0.05, 0.1) is 12.0 Å². The molecule has 0 unspecified atom stereocenters. The maximum Gasteiger partial charge on any atom is 0.534 e. The van der Waals surface area contributed by atoms with E-state index in [0.717, 1.165) is 5.56 Å². The van der Waals surface area contributed by atoms with Crippen molar-refractivity contribution in [3.63, 3.8) is 0 Å². The van der Waals surface area contributed by atoms with Gasteiger partial charge in [0, 0.05) is 10.8 Å². The van der Waals surface area contributed by atoms with E-state index in [1.165, 1.54) is 0 Å². The molecule has 0 bridgehead atoms. The Bertz CT molecular complexity index is 446. The van der Waals surface area contributed by atoms with Crippen molar-refractivity contribution < 1.29 is 17.4 Å². The molecule has 0 saturated heterocycles. The van der Waals surface area contributed by atoms with Gasteiger partial charge in [-0.2, -0.15) is 0 Å². The van der Waals surface area contributed by atoms with E-state index >= 15 is 0 Å². The van der Waals surface area contributed by atoms with Crippen LogP contribution in [0.1, 0.15) is 31.9 Å². The van der Waals surface area contributed by atoms with E-state index in [1.807, 2.05) is 12.1 Å². The van der Waals surface area contributed by atoms with Crippen LogP contribution >= 0.6 is 12.0 Å². The smallest absolute Gasteiger partial charge is 0.207 e. The van der Waals surface area contributed by atoms with Gasteiger partial charge in [0.25, 0.3) is 0 Å². The van der Waals surface area contributed by atoms with Crippen LogP contribution in [0.3, 0.4) is 0 Å². The van der Waals surface area contributed by atoms with Crippen molar-refractivity contribution in [3.05, 3.63) is 35.4 Å². The minimum Gasteiger partial charge on any atom is -0.207 e. The third kappa shape index (κ3) is 5.48. The van der Waals surface area contributed by atoms with Crippen LogP contribution in [0.15, 0.2) is 24.3 Å². The second kappa shape index (κ2) is 5.68. The summed E-state index contributed by atoms with van der Waals surface area (Å²) in [6, 6.07) is 7.39. The first-order chi connectivity index (χ1) is 8.18. The normalized spacial score (nSPS) is 11.9. The number of rotatable bonds is 1. The second-order valence-electron chi connectivity index (χ2n) is 4.67. The third-order valence-electron chi connectivity index (χ3n) is 2.12. The molecule has 1 rings (SSSR count). The monoisotopic (exact) mass is 274 g/mol. The predicted octanol–water partition coefficient (Wildman–Crippen LogP) is 4.48. The average molecular weight is 274 g/mol. The molecule has 0 saturated carbocycles. The summed E-state index contributed by atoms with van der Waals surface area (Å²) >= 11 is 0.0787. The molecule has 1 aromatic carbocycles. The fourth-order valence-corrected chi connectivity index (χ4v) is 1.50. The Kier molecular flexibility index (Phi) is 4.71. The average Bonchev–Trinajstić information content (AvgIpc) is 2.22. The van der Waals surface area contributed by atoms with E-state index < -0.39 is 6.36 Å². The Morgan fingerprint density at radius 3 is 2.06 bits per heavy atom. The molecule has 0 N–H and O–H groups in total. The van der Waals surface area contributed by atoms with Crippen LogP contribution in [-0.2, 0) is 9.60 Å². The van der Waals surface area contributed by atoms with Gasteiger partial charge in [-0.1, -0.05) is 38.8 Å². The van der Waals surface area contributed by atoms with E-state index in [1.54, 1.807) is 12.1 Å². The minimum atomic E-state index is -4.66. The van der Waals surface area contributed by atoms with Gasteiger partial charge in [-0.05, 0) is 23.1 Å². The van der Waals surface area contributed by atoms with E-state index in [4.69, 9.17) is 0 Å². The van der Waals surface area contributed by atoms with Gasteiger partial charge in [-0.3, -0.25) is 0 Å². The highest BCUT2D eigenvalue weighted by molar-refractivity contribution is 7.99. The molecule has 0 radical (unpaired) electrons. The molecule has 0 atom stereocenters. The van der Waals surface area contributed by atoms with Gasteiger partial charge < -0.3 is 0 Å². The van der Waals surface area contributed by atoms with E-state index in [2.05, 4.69) is 36.1 Å². The molecule has 0 spiro atoms. The number of hydrogen-bond acceptors (Lipinski definition) is 2. The summed E-state index contributed by atoms with van der Waals surface area (Å²) in [5, 5.41) is 2.24. The fourth-order valence-electron chi connectivity index (χ4n) is 1.20. The molecule has 0 amide bonds.